The first-order chi connectivity index (χ1) is 19.1. The molecule has 40 heavy (non-hydrogen) atoms. The third-order valence-corrected chi connectivity index (χ3v) is 9.89. The fraction of sp³-hybridized carbons (Fsp3) is 0.355. The van der Waals surface area contributed by atoms with Crippen LogP contribution < -0.4 is 9.62 Å². The Kier molecular flexibility index (Phi) is 9.68. The van der Waals surface area contributed by atoms with Gasteiger partial charge in [0.15, 0.2) is 0 Å². The molecule has 212 valence electrons. The summed E-state index contributed by atoms with van der Waals surface area (Å²) in [5.74, 6) is -0.695. The molecule has 7 nitrogen and oxygen atoms in total. The van der Waals surface area contributed by atoms with E-state index in [1.807, 2.05) is 44.2 Å². The Morgan fingerprint density at radius 3 is 2.25 bits per heavy atom. The van der Waals surface area contributed by atoms with E-state index in [0.29, 0.717) is 5.69 Å². The zero-order valence-corrected chi connectivity index (χ0v) is 25.5. The minimum atomic E-state index is -4.09. The average Bonchev–Trinajstić information content (AvgIpc) is 3.46. The number of hydrogen-bond donors (Lipinski definition) is 1. The Labute approximate surface area is 245 Å². The van der Waals surface area contributed by atoms with Crippen molar-refractivity contribution in [3.05, 3.63) is 94.0 Å². The molecule has 0 spiro atoms. The first-order valence-corrected chi connectivity index (χ1v) is 15.8. The number of nitrogens with one attached hydrogen (secondary N) is 1. The van der Waals surface area contributed by atoms with Crippen LogP contribution in [0.5, 0.6) is 0 Å². The van der Waals surface area contributed by atoms with E-state index in [2.05, 4.69) is 21.2 Å². The molecule has 3 aromatic carbocycles. The molecule has 1 saturated carbocycles. The molecule has 4 rings (SSSR count). The summed E-state index contributed by atoms with van der Waals surface area (Å²) in [4.78, 5) is 29.0. The van der Waals surface area contributed by atoms with Gasteiger partial charge in [-0.1, -0.05) is 71.2 Å². The summed E-state index contributed by atoms with van der Waals surface area (Å²) >= 11 is 3.44. The highest BCUT2D eigenvalue weighted by Gasteiger charge is 2.34. The van der Waals surface area contributed by atoms with Crippen molar-refractivity contribution < 1.29 is 18.0 Å². The number of amides is 2. The summed E-state index contributed by atoms with van der Waals surface area (Å²) in [5.41, 5.74) is 2.95. The molecule has 1 fully saturated rings. The van der Waals surface area contributed by atoms with Gasteiger partial charge in [-0.15, -0.1) is 0 Å². The van der Waals surface area contributed by atoms with Crippen LogP contribution in [0.3, 0.4) is 0 Å². The number of hydrogen-bond acceptors (Lipinski definition) is 4. The lowest BCUT2D eigenvalue weighted by atomic mass is 10.1. The van der Waals surface area contributed by atoms with Crippen LogP contribution in [0.2, 0.25) is 0 Å². The highest BCUT2D eigenvalue weighted by molar-refractivity contribution is 9.10. The van der Waals surface area contributed by atoms with Gasteiger partial charge in [0, 0.05) is 17.1 Å². The van der Waals surface area contributed by atoms with Gasteiger partial charge in [0.25, 0.3) is 10.0 Å². The standard InChI is InChI=1S/C31H36BrN3O4S/c1-22-10-9-15-29(23(22)2)35(40(38,39)28-13-5-4-6-14-28)21-30(36)34(20-25-16-18-26(32)19-17-25)24(3)31(37)33-27-11-7-8-12-27/h4-6,9-10,13-19,24,27H,7-8,11-12,20-21H2,1-3H3,(H,33,37)/t24-/m1/s1. The van der Waals surface area contributed by atoms with E-state index >= 15 is 0 Å². The van der Waals surface area contributed by atoms with E-state index in [1.54, 1.807) is 37.3 Å². The molecule has 1 atom stereocenters. The smallest absolute Gasteiger partial charge is 0.264 e. The average molecular weight is 627 g/mol. The van der Waals surface area contributed by atoms with Gasteiger partial charge in [0.05, 0.1) is 10.6 Å². The van der Waals surface area contributed by atoms with E-state index in [4.69, 9.17) is 0 Å². The van der Waals surface area contributed by atoms with Gasteiger partial charge < -0.3 is 10.2 Å². The lowest BCUT2D eigenvalue weighted by Gasteiger charge is -2.33. The molecular weight excluding hydrogens is 590 g/mol. The number of anilines is 1. The van der Waals surface area contributed by atoms with Crippen LogP contribution in [0.25, 0.3) is 0 Å². The maximum absolute atomic E-state index is 14.1. The molecule has 0 radical (unpaired) electrons. The van der Waals surface area contributed by atoms with Crippen LogP contribution in [0.1, 0.15) is 49.3 Å². The van der Waals surface area contributed by atoms with Crippen molar-refractivity contribution >= 4 is 43.5 Å². The lowest BCUT2D eigenvalue weighted by molar-refractivity contribution is -0.139. The second-order valence-corrected chi connectivity index (χ2v) is 13.1. The predicted octanol–water partition coefficient (Wildman–Crippen LogP) is 5.74. The number of halogens is 1. The van der Waals surface area contributed by atoms with Crippen LogP contribution in [0.15, 0.2) is 82.2 Å². The van der Waals surface area contributed by atoms with E-state index in [0.717, 1.165) is 46.8 Å². The third kappa shape index (κ3) is 6.93. The first-order valence-electron chi connectivity index (χ1n) is 13.6. The SMILES string of the molecule is Cc1cccc(N(CC(=O)N(Cc2ccc(Br)cc2)[C@H](C)C(=O)NC2CCCC2)S(=O)(=O)c2ccccc2)c1C. The van der Waals surface area contributed by atoms with Crippen molar-refractivity contribution in [3.63, 3.8) is 0 Å². The Bertz CT molecular complexity index is 1440. The van der Waals surface area contributed by atoms with Crippen molar-refractivity contribution in [2.75, 3.05) is 10.8 Å². The van der Waals surface area contributed by atoms with Gasteiger partial charge in [-0.05, 0) is 80.6 Å². The van der Waals surface area contributed by atoms with E-state index in [9.17, 15) is 18.0 Å². The van der Waals surface area contributed by atoms with Crippen molar-refractivity contribution in [1.82, 2.24) is 10.2 Å². The van der Waals surface area contributed by atoms with Crippen molar-refractivity contribution in [2.24, 2.45) is 0 Å². The molecule has 0 unspecified atom stereocenters. The summed E-state index contributed by atoms with van der Waals surface area (Å²) in [6, 6.07) is 20.3. The summed E-state index contributed by atoms with van der Waals surface area (Å²) in [6.07, 6.45) is 4.00. The molecule has 2 amide bonds. The third-order valence-electron chi connectivity index (χ3n) is 7.59. The zero-order valence-electron chi connectivity index (χ0n) is 23.1. The minimum absolute atomic E-state index is 0.0928. The Balaban J connectivity index is 1.70. The van der Waals surface area contributed by atoms with Gasteiger partial charge in [-0.25, -0.2) is 8.42 Å². The quantitative estimate of drug-likeness (QED) is 0.311. The normalized spacial score (nSPS) is 14.5. The molecule has 0 bridgehead atoms. The van der Waals surface area contributed by atoms with Crippen LogP contribution in [-0.2, 0) is 26.2 Å². The van der Waals surface area contributed by atoms with Crippen molar-refractivity contribution in [3.8, 4) is 0 Å². The van der Waals surface area contributed by atoms with Crippen LogP contribution >= 0.6 is 15.9 Å². The highest BCUT2D eigenvalue weighted by Crippen LogP contribution is 2.29. The maximum atomic E-state index is 14.1. The Hall–Kier alpha value is -3.17. The molecule has 0 aromatic heterocycles. The fourth-order valence-corrected chi connectivity index (χ4v) is 6.76. The van der Waals surface area contributed by atoms with Crippen LogP contribution in [0, 0.1) is 13.8 Å². The van der Waals surface area contributed by atoms with Gasteiger partial charge in [0.2, 0.25) is 11.8 Å². The van der Waals surface area contributed by atoms with Crippen molar-refractivity contribution in [1.29, 1.82) is 0 Å². The number of rotatable bonds is 10. The van der Waals surface area contributed by atoms with E-state index in [-0.39, 0.29) is 23.4 Å². The molecular formula is C31H36BrN3O4S. The second kappa shape index (κ2) is 13.0. The Morgan fingerprint density at radius 2 is 1.60 bits per heavy atom. The first kappa shape index (κ1) is 29.8. The molecule has 0 aliphatic heterocycles. The largest absolute Gasteiger partial charge is 0.352 e. The minimum Gasteiger partial charge on any atom is -0.352 e. The Morgan fingerprint density at radius 1 is 0.950 bits per heavy atom. The molecule has 1 aliphatic rings. The van der Waals surface area contributed by atoms with Gasteiger partial charge >= 0.3 is 0 Å². The predicted molar refractivity (Wildman–Crippen MR) is 161 cm³/mol. The maximum Gasteiger partial charge on any atom is 0.264 e. The van der Waals surface area contributed by atoms with Crippen LogP contribution in [-0.4, -0.2) is 43.8 Å². The number of carbonyl (C=O) groups excluding carboxylic acids is 2. The zero-order chi connectivity index (χ0) is 28.9. The number of nitrogens with zero attached hydrogens (tertiary/aromatic N) is 2. The van der Waals surface area contributed by atoms with Gasteiger partial charge in [0.1, 0.15) is 12.6 Å². The van der Waals surface area contributed by atoms with Crippen molar-refractivity contribution in [2.45, 2.75) is 70.0 Å². The molecule has 0 saturated heterocycles. The van der Waals surface area contributed by atoms with Gasteiger partial charge in [-0.2, -0.15) is 0 Å². The number of sulfonamides is 1. The van der Waals surface area contributed by atoms with E-state index < -0.39 is 28.5 Å². The van der Waals surface area contributed by atoms with Crippen LogP contribution in [0.4, 0.5) is 5.69 Å². The highest BCUT2D eigenvalue weighted by atomic mass is 79.9. The topological polar surface area (TPSA) is 86.8 Å². The fourth-order valence-electron chi connectivity index (χ4n) is 5.00. The molecule has 1 aliphatic carbocycles. The van der Waals surface area contributed by atoms with E-state index in [1.165, 1.54) is 21.3 Å². The number of carbonyl (C=O) groups is 2. The number of aryl methyl sites for hydroxylation is 1. The summed E-state index contributed by atoms with van der Waals surface area (Å²) < 4.78 is 30.0. The summed E-state index contributed by atoms with van der Waals surface area (Å²) in [7, 11) is -4.09. The summed E-state index contributed by atoms with van der Waals surface area (Å²) in [5, 5.41) is 3.09. The number of benzene rings is 3. The monoisotopic (exact) mass is 625 g/mol. The molecule has 9 heteroatoms. The second-order valence-electron chi connectivity index (χ2n) is 10.4. The van der Waals surface area contributed by atoms with Gasteiger partial charge in [-0.3, -0.25) is 13.9 Å². The molecule has 1 N–H and O–H groups in total. The molecule has 3 aromatic rings. The molecule has 0 heterocycles. The summed E-state index contributed by atoms with van der Waals surface area (Å²) in [6.45, 7) is 5.18. The lowest BCUT2D eigenvalue weighted by Crippen LogP contribution is -2.52.